The van der Waals surface area contributed by atoms with Crippen LogP contribution in [0.3, 0.4) is 0 Å². The molecule has 1 aliphatic rings. The SMILES string of the molecule is CC(C)(C)C1C[CH-]C1.[Zn]. The van der Waals surface area contributed by atoms with Gasteiger partial charge in [-0.3, -0.25) is 0 Å². The van der Waals surface area contributed by atoms with E-state index < -0.39 is 0 Å². The van der Waals surface area contributed by atoms with E-state index >= 15 is 0 Å². The Balaban J connectivity index is 0.000000640. The van der Waals surface area contributed by atoms with Crippen molar-refractivity contribution in [3.05, 3.63) is 6.42 Å². The maximum Gasteiger partial charge on any atom is 0 e. The Bertz CT molecular complexity index is 77.1. The van der Waals surface area contributed by atoms with Crippen LogP contribution in [-0.4, -0.2) is 0 Å². The van der Waals surface area contributed by atoms with E-state index in [1.807, 2.05) is 0 Å². The van der Waals surface area contributed by atoms with Crippen LogP contribution < -0.4 is 0 Å². The van der Waals surface area contributed by atoms with Gasteiger partial charge in [-0.1, -0.05) is 26.7 Å². The molecule has 0 aliphatic heterocycles. The monoisotopic (exact) mass is 175 g/mol. The summed E-state index contributed by atoms with van der Waals surface area (Å²) in [5.74, 6) is 0.975. The van der Waals surface area contributed by atoms with Crippen LogP contribution >= 0.6 is 0 Å². The van der Waals surface area contributed by atoms with Crippen LogP contribution in [0.2, 0.25) is 0 Å². The van der Waals surface area contributed by atoms with Crippen molar-refractivity contribution >= 4 is 0 Å². The van der Waals surface area contributed by atoms with Crippen molar-refractivity contribution in [3.63, 3.8) is 0 Å². The number of rotatable bonds is 0. The molecule has 0 saturated heterocycles. The van der Waals surface area contributed by atoms with Gasteiger partial charge in [0.2, 0.25) is 0 Å². The van der Waals surface area contributed by atoms with Crippen molar-refractivity contribution in [2.75, 3.05) is 0 Å². The second-order valence-electron chi connectivity index (χ2n) is 3.82. The van der Waals surface area contributed by atoms with Gasteiger partial charge in [0.1, 0.15) is 0 Å². The number of hydrogen-bond acceptors (Lipinski definition) is 0. The van der Waals surface area contributed by atoms with Gasteiger partial charge in [-0.25, -0.2) is 0 Å². The minimum absolute atomic E-state index is 0. The summed E-state index contributed by atoms with van der Waals surface area (Å²) >= 11 is 0. The topological polar surface area (TPSA) is 0 Å². The van der Waals surface area contributed by atoms with Crippen molar-refractivity contribution in [1.29, 1.82) is 0 Å². The van der Waals surface area contributed by atoms with Gasteiger partial charge >= 0.3 is 0 Å². The molecular formula is C8H15Zn-. The van der Waals surface area contributed by atoms with Crippen LogP contribution in [0.5, 0.6) is 0 Å². The van der Waals surface area contributed by atoms with E-state index in [-0.39, 0.29) is 19.5 Å². The summed E-state index contributed by atoms with van der Waals surface area (Å²) in [7, 11) is 0. The summed E-state index contributed by atoms with van der Waals surface area (Å²) in [5, 5.41) is 0. The fourth-order valence-electron chi connectivity index (χ4n) is 1.04. The van der Waals surface area contributed by atoms with Crippen LogP contribution in [0.1, 0.15) is 33.6 Å². The first-order valence-electron chi connectivity index (χ1n) is 3.42. The Hall–Kier alpha value is 0.623. The van der Waals surface area contributed by atoms with Gasteiger partial charge in [0.25, 0.3) is 0 Å². The first-order chi connectivity index (χ1) is 3.61. The van der Waals surface area contributed by atoms with Crippen LogP contribution in [0.25, 0.3) is 0 Å². The molecule has 1 fully saturated rings. The van der Waals surface area contributed by atoms with E-state index in [0.29, 0.717) is 5.41 Å². The van der Waals surface area contributed by atoms with Gasteiger partial charge in [-0.15, -0.1) is 0 Å². The van der Waals surface area contributed by atoms with E-state index in [1.54, 1.807) is 0 Å². The van der Waals surface area contributed by atoms with E-state index in [2.05, 4.69) is 27.2 Å². The molecule has 0 unspecified atom stereocenters. The maximum absolute atomic E-state index is 2.37. The van der Waals surface area contributed by atoms with E-state index in [0.717, 1.165) is 5.92 Å². The Labute approximate surface area is 71.2 Å². The van der Waals surface area contributed by atoms with Crippen LogP contribution in [0.15, 0.2) is 0 Å². The molecule has 0 bridgehead atoms. The van der Waals surface area contributed by atoms with Crippen molar-refractivity contribution < 1.29 is 19.5 Å². The molecule has 0 spiro atoms. The van der Waals surface area contributed by atoms with Crippen molar-refractivity contribution in [3.8, 4) is 0 Å². The average Bonchev–Trinajstić information content (AvgIpc) is 1.16. The van der Waals surface area contributed by atoms with Gasteiger partial charge in [0.05, 0.1) is 0 Å². The summed E-state index contributed by atoms with van der Waals surface area (Å²) in [6, 6.07) is 0. The summed E-state index contributed by atoms with van der Waals surface area (Å²) in [6.45, 7) is 6.97. The molecule has 9 heavy (non-hydrogen) atoms. The standard InChI is InChI=1S/C8H15.Zn/c1-8(2,3)7-5-4-6-7;/h4,7H,5-6H2,1-3H3;/q-1;. The quantitative estimate of drug-likeness (QED) is 0.393. The zero-order valence-electron chi connectivity index (χ0n) is 6.78. The van der Waals surface area contributed by atoms with E-state index in [9.17, 15) is 0 Å². The Morgan fingerprint density at radius 3 is 1.67 bits per heavy atom. The van der Waals surface area contributed by atoms with Gasteiger partial charge < -0.3 is 6.42 Å². The second kappa shape index (κ2) is 3.15. The summed E-state index contributed by atoms with van der Waals surface area (Å²) in [5.41, 5.74) is 0.564. The minimum Gasteiger partial charge on any atom is -0.328 e. The second-order valence-corrected chi connectivity index (χ2v) is 3.82. The molecule has 1 saturated carbocycles. The van der Waals surface area contributed by atoms with Crippen LogP contribution in [0.4, 0.5) is 0 Å². The third-order valence-corrected chi connectivity index (χ3v) is 2.13. The van der Waals surface area contributed by atoms with Crippen molar-refractivity contribution in [1.82, 2.24) is 0 Å². The molecule has 50 valence electrons. The van der Waals surface area contributed by atoms with Crippen LogP contribution in [-0.2, 0) is 19.5 Å². The van der Waals surface area contributed by atoms with Crippen LogP contribution in [0, 0.1) is 17.8 Å². The first-order valence-corrected chi connectivity index (χ1v) is 3.42. The third-order valence-electron chi connectivity index (χ3n) is 2.13. The Morgan fingerprint density at radius 1 is 1.22 bits per heavy atom. The molecule has 0 aromatic heterocycles. The molecule has 1 heteroatoms. The summed E-state index contributed by atoms with van der Waals surface area (Å²) in [4.78, 5) is 0. The molecular weight excluding hydrogens is 161 g/mol. The van der Waals surface area contributed by atoms with E-state index in [4.69, 9.17) is 0 Å². The number of hydrogen-bond donors (Lipinski definition) is 0. The Kier molecular flexibility index (Phi) is 3.36. The predicted octanol–water partition coefficient (Wildman–Crippen LogP) is 2.64. The summed E-state index contributed by atoms with van der Waals surface area (Å²) in [6.07, 6.45) is 5.07. The molecule has 0 radical (unpaired) electrons. The molecule has 0 heterocycles. The molecule has 1 aliphatic carbocycles. The fourth-order valence-corrected chi connectivity index (χ4v) is 1.04. The van der Waals surface area contributed by atoms with E-state index in [1.165, 1.54) is 12.8 Å². The normalized spacial score (nSPS) is 20.3. The molecule has 0 aromatic carbocycles. The Morgan fingerprint density at radius 2 is 1.67 bits per heavy atom. The molecule has 0 atom stereocenters. The molecule has 0 N–H and O–H groups in total. The fraction of sp³-hybridized carbons (Fsp3) is 0.875. The molecule has 0 aromatic rings. The van der Waals surface area contributed by atoms with Crippen molar-refractivity contribution in [2.24, 2.45) is 11.3 Å². The van der Waals surface area contributed by atoms with Gasteiger partial charge in [-0.2, -0.15) is 12.8 Å². The summed E-state index contributed by atoms with van der Waals surface area (Å²) < 4.78 is 0. The van der Waals surface area contributed by atoms with Gasteiger partial charge in [-0.05, 0) is 5.41 Å². The minimum atomic E-state index is 0. The zero-order valence-corrected chi connectivity index (χ0v) is 9.74. The van der Waals surface area contributed by atoms with Crippen molar-refractivity contribution in [2.45, 2.75) is 33.6 Å². The molecule has 1 rings (SSSR count). The zero-order chi connectivity index (χ0) is 6.20. The first kappa shape index (κ1) is 9.62. The smallest absolute Gasteiger partial charge is 0 e. The third kappa shape index (κ3) is 2.37. The predicted molar refractivity (Wildman–Crippen MR) is 36.5 cm³/mol. The average molecular weight is 177 g/mol. The van der Waals surface area contributed by atoms with Gasteiger partial charge in [0, 0.05) is 19.5 Å². The maximum atomic E-state index is 2.37. The molecule has 0 nitrogen and oxygen atoms in total. The largest absolute Gasteiger partial charge is 0.328 e. The van der Waals surface area contributed by atoms with Gasteiger partial charge in [0.15, 0.2) is 0 Å². The molecule has 0 amide bonds.